The normalized spacial score (nSPS) is 22.5. The first-order valence-corrected chi connectivity index (χ1v) is 34.0. The van der Waals surface area contributed by atoms with Crippen LogP contribution < -0.4 is 36.4 Å². The van der Waals surface area contributed by atoms with Gasteiger partial charge < -0.3 is 60.7 Å². The van der Waals surface area contributed by atoms with Crippen molar-refractivity contribution in [2.45, 2.75) is 154 Å². The maximum absolute atomic E-state index is 14.9. The average Bonchev–Trinajstić information content (AvgIpc) is 0.871. The summed E-state index contributed by atoms with van der Waals surface area (Å²) in [6.45, 7) is 17.4. The first kappa shape index (κ1) is 63.5. The maximum atomic E-state index is 14.9. The number of hydrogen-bond donors (Lipinski definition) is 9. The van der Waals surface area contributed by atoms with E-state index in [-0.39, 0.29) is 52.1 Å². The fourth-order valence-electron chi connectivity index (χ4n) is 13.8. The van der Waals surface area contributed by atoms with Crippen LogP contribution in [0, 0.1) is 0 Å². The zero-order valence-corrected chi connectivity index (χ0v) is 52.3. The first-order chi connectivity index (χ1) is 40.6. The zero-order valence-electron chi connectivity index (χ0n) is 49.6. The van der Waals surface area contributed by atoms with E-state index in [0.717, 1.165) is 82.0 Å². The lowest BCUT2D eigenvalue weighted by molar-refractivity contribution is -0.121. The molecule has 2 amide bonds. The minimum Gasteiger partial charge on any atom is -0.387 e. The van der Waals surface area contributed by atoms with Crippen molar-refractivity contribution in [3.8, 4) is 0 Å². The van der Waals surface area contributed by atoms with Crippen LogP contribution in [0.5, 0.6) is 0 Å². The van der Waals surface area contributed by atoms with E-state index >= 15 is 0 Å². The number of rotatable bonds is 23. The summed E-state index contributed by atoms with van der Waals surface area (Å²) in [4.78, 5) is 82.1. The molecule has 5 aliphatic rings. The summed E-state index contributed by atoms with van der Waals surface area (Å²) in [5.41, 5.74) is 18.2. The van der Waals surface area contributed by atoms with Crippen LogP contribution in [0.15, 0.2) is 48.8 Å². The van der Waals surface area contributed by atoms with Gasteiger partial charge in [-0.2, -0.15) is 8.62 Å². The van der Waals surface area contributed by atoms with Crippen molar-refractivity contribution in [2.24, 2.45) is 0 Å². The number of nitrogens with zero attached hydrogens (tertiary/aromatic N) is 7. The molecule has 0 saturated carbocycles. The monoisotopic (exact) mass is 1250 g/mol. The summed E-state index contributed by atoms with van der Waals surface area (Å²) >= 11 is 0. The van der Waals surface area contributed by atoms with Crippen LogP contribution in [0.25, 0.3) is 16.7 Å². The van der Waals surface area contributed by atoms with Crippen LogP contribution in [-0.2, 0) is 54.6 Å². The second-order valence-electron chi connectivity index (χ2n) is 24.3. The molecule has 7 atom stereocenters. The molecule has 1 fully saturated rings. The number of nitrogen functional groups attached to an aromatic ring is 1. The third-order valence-electron chi connectivity index (χ3n) is 17.5. The summed E-state index contributed by atoms with van der Waals surface area (Å²) in [6.07, 6.45) is 3.54. The highest BCUT2D eigenvalue weighted by molar-refractivity contribution is 7.66. The van der Waals surface area contributed by atoms with Crippen LogP contribution in [-0.4, -0.2) is 143 Å². The van der Waals surface area contributed by atoms with Crippen LogP contribution >= 0.6 is 23.5 Å². The molecule has 4 aliphatic heterocycles. The summed E-state index contributed by atoms with van der Waals surface area (Å²) in [6, 6.07) is 15.5. The molecule has 1 saturated heterocycles. The van der Waals surface area contributed by atoms with E-state index in [1.54, 1.807) is 4.90 Å². The van der Waals surface area contributed by atoms with Crippen molar-refractivity contribution in [3.05, 3.63) is 104 Å². The summed E-state index contributed by atoms with van der Waals surface area (Å²) in [5.74, 6) is 0.259. The van der Waals surface area contributed by atoms with Gasteiger partial charge in [0.2, 0.25) is 17.2 Å². The predicted molar refractivity (Wildman–Crippen MR) is 322 cm³/mol. The van der Waals surface area contributed by atoms with Gasteiger partial charge in [-0.1, -0.05) is 51.8 Å². The number of aryl methyl sites for hydroxylation is 1. The van der Waals surface area contributed by atoms with Crippen molar-refractivity contribution in [1.29, 1.82) is 0 Å². The lowest BCUT2D eigenvalue weighted by Gasteiger charge is -2.48. The Hall–Kier alpha value is -5.49. The number of amides is 2. The molecule has 2 aromatic heterocycles. The number of phosphoric ester groups is 1. The van der Waals surface area contributed by atoms with E-state index in [4.69, 9.17) is 20.3 Å². The molecule has 10 rings (SSSR count). The van der Waals surface area contributed by atoms with Crippen molar-refractivity contribution in [2.75, 3.05) is 68.9 Å². The topological polar surface area (TPSA) is 347 Å². The zero-order chi connectivity index (χ0) is 61.8. The highest BCUT2D eigenvalue weighted by Crippen LogP contribution is 2.66. The van der Waals surface area contributed by atoms with Crippen molar-refractivity contribution in [1.82, 2.24) is 34.3 Å². The first-order valence-electron chi connectivity index (χ1n) is 29.5. The summed E-state index contributed by atoms with van der Waals surface area (Å²) < 4.78 is 57.0. The minimum atomic E-state index is -5.81. The number of anilines is 3. The van der Waals surface area contributed by atoms with E-state index in [2.05, 4.69) is 120 Å². The number of hydrogen-bond acceptors (Lipinski definition) is 17. The van der Waals surface area contributed by atoms with E-state index in [1.807, 2.05) is 19.2 Å². The summed E-state index contributed by atoms with van der Waals surface area (Å²) in [5, 5.41) is 30.8. The van der Waals surface area contributed by atoms with Gasteiger partial charge in [-0.05, 0) is 128 Å². The Bertz CT molecular complexity index is 3740. The molecule has 28 heteroatoms. The molecular weight excluding hydrogens is 1170 g/mol. The van der Waals surface area contributed by atoms with Gasteiger partial charge in [-0.25, -0.2) is 33.2 Å². The number of benzene rings is 3. The second-order valence-corrected chi connectivity index (χ2v) is 28.8. The molecule has 1 aliphatic carbocycles. The smallest absolute Gasteiger partial charge is 0.387 e. The van der Waals surface area contributed by atoms with Gasteiger partial charge in [0.1, 0.15) is 37.7 Å². The van der Waals surface area contributed by atoms with Crippen molar-refractivity contribution in [3.63, 3.8) is 0 Å². The number of nitrogens with two attached hydrogens (primary N) is 1. The number of aromatic nitrogens is 4. The van der Waals surface area contributed by atoms with Gasteiger partial charge in [0.25, 0.3) is 5.91 Å². The molecule has 3 unspecified atom stereocenters. The third-order valence-corrected chi connectivity index (χ3v) is 21.3. The molecule has 10 N–H and O–H groups in total. The minimum absolute atomic E-state index is 0.00356. The second kappa shape index (κ2) is 24.8. The number of imidazole rings is 1. The third kappa shape index (κ3) is 12.9. The van der Waals surface area contributed by atoms with Gasteiger partial charge in [0.05, 0.1) is 6.61 Å². The molecule has 0 radical (unpaired) electrons. The van der Waals surface area contributed by atoms with Gasteiger partial charge in [0.15, 0.2) is 23.2 Å². The molecule has 0 bridgehead atoms. The Morgan fingerprint density at radius 3 is 2.36 bits per heavy atom. The summed E-state index contributed by atoms with van der Waals surface area (Å²) in [7, 11) is -15.2. The number of carbonyl (C=O) groups is 2. The number of aliphatic hydroxyl groups excluding tert-OH is 2. The van der Waals surface area contributed by atoms with Crippen molar-refractivity contribution >= 4 is 69.5 Å². The Morgan fingerprint density at radius 2 is 1.63 bits per heavy atom. The quantitative estimate of drug-likeness (QED) is 0.0225. The Kier molecular flexibility index (Phi) is 18.3. The van der Waals surface area contributed by atoms with Crippen LogP contribution in [0.4, 0.5) is 17.5 Å². The number of ether oxygens (including phenoxy) is 1. The Morgan fingerprint density at radius 1 is 0.907 bits per heavy atom. The molecular formula is C58H80N10O15P3+. The predicted octanol–water partition coefficient (Wildman–Crippen LogP) is 5.39. The number of unbranched alkanes of at least 4 members (excludes halogenated alkanes) is 3. The van der Waals surface area contributed by atoms with E-state index in [9.17, 15) is 43.3 Å². The van der Waals surface area contributed by atoms with E-state index < -0.39 is 54.6 Å². The molecule has 25 nitrogen and oxygen atoms in total. The molecule has 6 heterocycles. The largest absolute Gasteiger partial charge is 0.490 e. The SMILES string of the molecule is CCN1c2cc3c(cc2C(C)CC1(C)C)C(c1ccccc1C(=O)N(C)CCCC(=O)NCCCCCCNc1nc2c(N)ncnc2n1[C@@H]1O[C@H](COP(=O)(O)OP(=O)(O)OP(=O)(O)O)[C@@H](O)[C@H]1O)=c1cc2c4c(c1C3(C)C)CCC[N+]=4CCC2. The van der Waals surface area contributed by atoms with E-state index in [0.29, 0.717) is 50.4 Å². The lowest BCUT2D eigenvalue weighted by atomic mass is 9.64. The highest BCUT2D eigenvalue weighted by Gasteiger charge is 2.49. The molecule has 466 valence electrons. The fourth-order valence-corrected chi connectivity index (χ4v) is 16.9. The van der Waals surface area contributed by atoms with Gasteiger partial charge in [-0.3, -0.25) is 18.7 Å². The highest BCUT2D eigenvalue weighted by atomic mass is 31.3. The number of carbonyl (C=O) groups excluding carboxylic acids is 2. The van der Waals surface area contributed by atoms with Crippen LogP contribution in [0.3, 0.4) is 0 Å². The number of fused-ring (bicyclic) bond motifs is 5. The standard InChI is InChI=1S/C58H79N10O15P3/c1-8-67-43-30-42-40(29-39(43)34(2)31-57(67,3)4)46(41-28-35-18-15-26-66-27-16-21-38(49(35)66)47(41)58(42,5)6)36-19-11-12-20-37(36)54(72)65(7)25-17-22-45(69)60-23-13-9-10-14-24-61-56-64-48-52(59)62-33-63-53(48)68(56)55-51(71)50(70)44(81-55)32-80-85(76,77)83-86(78,79)82-84(73,74)75/h11-12,19-20,28-30,33-34,44,50-51,55,59,70-71H,8-10,13-18,21-27,31-32H2,1-7H3,(H6,60,69,72,73,74,75,76,77,78,79)/p+1/t34?,44-,50-,51-,55-/m1/s1. The molecule has 5 aromatic rings. The average molecular weight is 1250 g/mol. The lowest BCUT2D eigenvalue weighted by Crippen LogP contribution is -2.50. The van der Waals surface area contributed by atoms with Gasteiger partial charge in [0, 0.05) is 85.8 Å². The molecule has 0 spiro atoms. The maximum Gasteiger partial charge on any atom is 0.490 e. The van der Waals surface area contributed by atoms with Crippen LogP contribution in [0.2, 0.25) is 0 Å². The van der Waals surface area contributed by atoms with Crippen LogP contribution in [0.1, 0.15) is 161 Å². The Balaban J connectivity index is 0.749. The number of aliphatic hydroxyl groups is 2. The molecule has 86 heavy (non-hydrogen) atoms. The van der Waals surface area contributed by atoms with Crippen molar-refractivity contribution < 1.29 is 71.0 Å². The number of nitrogens with one attached hydrogen (secondary N) is 2. The Labute approximate surface area is 499 Å². The number of phosphoric acid groups is 3. The molecule has 3 aromatic carbocycles. The van der Waals surface area contributed by atoms with Gasteiger partial charge in [-0.15, -0.1) is 0 Å². The van der Waals surface area contributed by atoms with Gasteiger partial charge >= 0.3 is 23.5 Å². The van der Waals surface area contributed by atoms with E-state index in [1.165, 1.54) is 54.2 Å². The fraction of sp³-hybridized carbons (Fsp3) is 0.552.